The second kappa shape index (κ2) is 6.68. The maximum absolute atomic E-state index is 12.9. The van der Waals surface area contributed by atoms with E-state index in [4.69, 9.17) is 9.52 Å². The molecule has 1 heterocycles. The van der Waals surface area contributed by atoms with Gasteiger partial charge in [-0.2, -0.15) is 0 Å². The number of aliphatic hydroxyl groups excluding tert-OH is 1. The maximum Gasteiger partial charge on any atom is 0.255 e. The number of carbonyl (C=O) groups excluding carboxylic acids is 1. The molecule has 5 heteroatoms. The summed E-state index contributed by atoms with van der Waals surface area (Å²) < 4.78 is 18.4. The van der Waals surface area contributed by atoms with Crippen molar-refractivity contribution in [3.8, 4) is 11.3 Å². The van der Waals surface area contributed by atoms with E-state index in [2.05, 4.69) is 5.32 Å². The standard InChI is InChI=1S/C19H16FNO3/c1-12-10-15(21-19(23)13-2-4-14(20)5-3-13)6-8-17(12)18-9-7-16(11-22)24-18/h2-10,22H,11H2,1H3,(H,21,23). The van der Waals surface area contributed by atoms with E-state index in [1.807, 2.05) is 19.1 Å². The normalized spacial score (nSPS) is 10.6. The second-order valence-electron chi connectivity index (χ2n) is 5.41. The van der Waals surface area contributed by atoms with Crippen LogP contribution in [0.3, 0.4) is 0 Å². The number of hydrogen-bond acceptors (Lipinski definition) is 3. The van der Waals surface area contributed by atoms with Crippen LogP contribution >= 0.6 is 0 Å². The number of amides is 1. The summed E-state index contributed by atoms with van der Waals surface area (Å²) in [4.78, 5) is 12.2. The first-order valence-electron chi connectivity index (χ1n) is 7.44. The number of furan rings is 1. The zero-order chi connectivity index (χ0) is 17.1. The molecular formula is C19H16FNO3. The molecule has 3 rings (SSSR count). The summed E-state index contributed by atoms with van der Waals surface area (Å²) in [5.41, 5.74) is 2.83. The molecule has 1 aromatic heterocycles. The number of halogens is 1. The van der Waals surface area contributed by atoms with Gasteiger partial charge in [0, 0.05) is 16.8 Å². The topological polar surface area (TPSA) is 62.5 Å². The van der Waals surface area contributed by atoms with Crippen LogP contribution < -0.4 is 5.32 Å². The van der Waals surface area contributed by atoms with Crippen molar-refractivity contribution in [2.24, 2.45) is 0 Å². The highest BCUT2D eigenvalue weighted by molar-refractivity contribution is 6.04. The lowest BCUT2D eigenvalue weighted by atomic mass is 10.1. The highest BCUT2D eigenvalue weighted by Gasteiger charge is 2.10. The van der Waals surface area contributed by atoms with Gasteiger partial charge in [-0.1, -0.05) is 0 Å². The molecule has 3 aromatic rings. The van der Waals surface area contributed by atoms with Crippen LogP contribution in [0.25, 0.3) is 11.3 Å². The Bertz CT molecular complexity index is 869. The van der Waals surface area contributed by atoms with Crippen molar-refractivity contribution in [1.29, 1.82) is 0 Å². The van der Waals surface area contributed by atoms with E-state index in [1.54, 1.807) is 18.2 Å². The predicted octanol–water partition coefficient (Wildman–Crippen LogP) is 4.14. The fraction of sp³-hybridized carbons (Fsp3) is 0.105. The minimum atomic E-state index is -0.382. The number of benzene rings is 2. The van der Waals surface area contributed by atoms with E-state index in [0.717, 1.165) is 11.1 Å². The number of aryl methyl sites for hydroxylation is 1. The van der Waals surface area contributed by atoms with Gasteiger partial charge < -0.3 is 14.8 Å². The average Bonchev–Trinajstić information content (AvgIpc) is 3.04. The predicted molar refractivity (Wildman–Crippen MR) is 89.2 cm³/mol. The molecule has 0 fully saturated rings. The Kier molecular flexibility index (Phi) is 4.44. The summed E-state index contributed by atoms with van der Waals surface area (Å²) in [5.74, 6) is 0.473. The monoisotopic (exact) mass is 325 g/mol. The van der Waals surface area contributed by atoms with Gasteiger partial charge in [0.05, 0.1) is 0 Å². The minimum Gasteiger partial charge on any atom is -0.459 e. The summed E-state index contributed by atoms with van der Waals surface area (Å²) in [7, 11) is 0. The molecule has 0 aliphatic heterocycles. The van der Waals surface area contributed by atoms with Crippen LogP contribution in [0, 0.1) is 12.7 Å². The molecule has 122 valence electrons. The van der Waals surface area contributed by atoms with E-state index >= 15 is 0 Å². The van der Waals surface area contributed by atoms with Crippen LogP contribution in [0.15, 0.2) is 59.0 Å². The van der Waals surface area contributed by atoms with Gasteiger partial charge in [0.1, 0.15) is 23.9 Å². The highest BCUT2D eigenvalue weighted by atomic mass is 19.1. The van der Waals surface area contributed by atoms with E-state index in [1.165, 1.54) is 24.3 Å². The SMILES string of the molecule is Cc1cc(NC(=O)c2ccc(F)cc2)ccc1-c1ccc(CO)o1. The van der Waals surface area contributed by atoms with E-state index in [0.29, 0.717) is 22.8 Å². The zero-order valence-corrected chi connectivity index (χ0v) is 13.0. The van der Waals surface area contributed by atoms with Crippen LogP contribution in [0.5, 0.6) is 0 Å². The smallest absolute Gasteiger partial charge is 0.255 e. The van der Waals surface area contributed by atoms with Gasteiger partial charge in [-0.3, -0.25) is 4.79 Å². The van der Waals surface area contributed by atoms with Gasteiger partial charge in [-0.05, 0) is 67.1 Å². The zero-order valence-electron chi connectivity index (χ0n) is 13.0. The van der Waals surface area contributed by atoms with Gasteiger partial charge in [-0.25, -0.2) is 4.39 Å². The summed E-state index contributed by atoms with van der Waals surface area (Å²) in [6, 6.07) is 14.3. The van der Waals surface area contributed by atoms with Gasteiger partial charge in [0.25, 0.3) is 5.91 Å². The fourth-order valence-corrected chi connectivity index (χ4v) is 2.43. The molecule has 0 unspecified atom stereocenters. The lowest BCUT2D eigenvalue weighted by Crippen LogP contribution is -2.11. The maximum atomic E-state index is 12.9. The number of rotatable bonds is 4. The minimum absolute atomic E-state index is 0.148. The van der Waals surface area contributed by atoms with Gasteiger partial charge in [-0.15, -0.1) is 0 Å². The molecule has 0 radical (unpaired) electrons. The van der Waals surface area contributed by atoms with Crippen molar-refractivity contribution in [2.75, 3.05) is 5.32 Å². The molecule has 24 heavy (non-hydrogen) atoms. The summed E-state index contributed by atoms with van der Waals surface area (Å²) >= 11 is 0. The van der Waals surface area contributed by atoms with Crippen molar-refractivity contribution < 1.29 is 18.7 Å². The number of carbonyl (C=O) groups is 1. The number of hydrogen-bond donors (Lipinski definition) is 2. The Hall–Kier alpha value is -2.92. The lowest BCUT2D eigenvalue weighted by molar-refractivity contribution is 0.102. The molecule has 0 atom stereocenters. The Labute approximate surface area is 138 Å². The molecule has 0 aliphatic rings. The Morgan fingerprint density at radius 1 is 1.12 bits per heavy atom. The molecule has 0 bridgehead atoms. The van der Waals surface area contributed by atoms with Crippen molar-refractivity contribution in [1.82, 2.24) is 0 Å². The fourth-order valence-electron chi connectivity index (χ4n) is 2.43. The first-order chi connectivity index (χ1) is 11.6. The summed E-state index contributed by atoms with van der Waals surface area (Å²) in [5, 5.41) is 11.9. The van der Waals surface area contributed by atoms with Crippen LogP contribution in [-0.4, -0.2) is 11.0 Å². The second-order valence-corrected chi connectivity index (χ2v) is 5.41. The first-order valence-corrected chi connectivity index (χ1v) is 7.44. The van der Waals surface area contributed by atoms with Gasteiger partial charge >= 0.3 is 0 Å². The van der Waals surface area contributed by atoms with Crippen molar-refractivity contribution in [3.05, 3.63) is 77.3 Å². The van der Waals surface area contributed by atoms with Crippen LogP contribution in [0.1, 0.15) is 21.7 Å². The lowest BCUT2D eigenvalue weighted by Gasteiger charge is -2.09. The molecular weight excluding hydrogens is 309 g/mol. The largest absolute Gasteiger partial charge is 0.459 e. The van der Waals surface area contributed by atoms with Crippen LogP contribution in [0.2, 0.25) is 0 Å². The number of anilines is 1. The molecule has 0 spiro atoms. The molecule has 2 aromatic carbocycles. The Morgan fingerprint density at radius 2 is 1.88 bits per heavy atom. The van der Waals surface area contributed by atoms with E-state index in [-0.39, 0.29) is 18.3 Å². The van der Waals surface area contributed by atoms with Crippen LogP contribution in [-0.2, 0) is 6.61 Å². The third-order valence-electron chi connectivity index (χ3n) is 3.67. The summed E-state index contributed by atoms with van der Waals surface area (Å²) in [6.07, 6.45) is 0. The van der Waals surface area contributed by atoms with E-state index in [9.17, 15) is 9.18 Å². The Balaban J connectivity index is 1.79. The number of nitrogens with one attached hydrogen (secondary N) is 1. The van der Waals surface area contributed by atoms with Crippen molar-refractivity contribution >= 4 is 11.6 Å². The highest BCUT2D eigenvalue weighted by Crippen LogP contribution is 2.28. The third kappa shape index (κ3) is 3.36. The summed E-state index contributed by atoms with van der Waals surface area (Å²) in [6.45, 7) is 1.76. The average molecular weight is 325 g/mol. The molecule has 0 saturated heterocycles. The molecule has 0 saturated carbocycles. The van der Waals surface area contributed by atoms with Gasteiger partial charge in [0.15, 0.2) is 0 Å². The van der Waals surface area contributed by atoms with Crippen molar-refractivity contribution in [3.63, 3.8) is 0 Å². The molecule has 0 aliphatic carbocycles. The number of aliphatic hydroxyl groups is 1. The third-order valence-corrected chi connectivity index (χ3v) is 3.67. The van der Waals surface area contributed by atoms with Gasteiger partial charge in [0.2, 0.25) is 0 Å². The molecule has 2 N–H and O–H groups in total. The molecule has 4 nitrogen and oxygen atoms in total. The molecule has 1 amide bonds. The Morgan fingerprint density at radius 3 is 2.50 bits per heavy atom. The van der Waals surface area contributed by atoms with Crippen molar-refractivity contribution in [2.45, 2.75) is 13.5 Å². The quantitative estimate of drug-likeness (QED) is 0.758. The van der Waals surface area contributed by atoms with Crippen LogP contribution in [0.4, 0.5) is 10.1 Å². The van der Waals surface area contributed by atoms with E-state index < -0.39 is 0 Å². The first kappa shape index (κ1) is 16.0.